The number of hydrogen-bond acceptors (Lipinski definition) is 3. The van der Waals surface area contributed by atoms with Gasteiger partial charge in [0.2, 0.25) is 5.91 Å². The van der Waals surface area contributed by atoms with Gasteiger partial charge in [-0.2, -0.15) is 0 Å². The number of primary amides is 1. The summed E-state index contributed by atoms with van der Waals surface area (Å²) in [6.45, 7) is 5.58. The first-order valence-electron chi connectivity index (χ1n) is 5.24. The number of nitrogens with two attached hydrogens (primary N) is 1. The van der Waals surface area contributed by atoms with Crippen LogP contribution in [-0.4, -0.2) is 31.2 Å². The van der Waals surface area contributed by atoms with Gasteiger partial charge in [0.15, 0.2) is 0 Å². The van der Waals surface area contributed by atoms with Crippen molar-refractivity contribution in [3.05, 3.63) is 0 Å². The molecule has 0 aromatic carbocycles. The highest BCUT2D eigenvalue weighted by atomic mass is 16.5. The number of carbonyl (C=O) groups excluding carboxylic acids is 1. The maximum absolute atomic E-state index is 10.9. The standard InChI is InChI=1S/C10H20N2O2/c1-7(12-8(2)10(11)13)9-3-5-14-6-4-9/h7-9,12H,3-6H2,1-2H3,(H2,11,13). The Hall–Kier alpha value is -0.610. The molecule has 0 spiro atoms. The van der Waals surface area contributed by atoms with Crippen LogP contribution in [0.3, 0.4) is 0 Å². The molecule has 0 aromatic rings. The second-order valence-corrected chi connectivity index (χ2v) is 4.03. The fourth-order valence-electron chi connectivity index (χ4n) is 1.83. The zero-order valence-electron chi connectivity index (χ0n) is 8.95. The van der Waals surface area contributed by atoms with E-state index < -0.39 is 0 Å². The third-order valence-electron chi connectivity index (χ3n) is 2.91. The van der Waals surface area contributed by atoms with E-state index in [1.54, 1.807) is 6.92 Å². The molecule has 3 N–H and O–H groups in total. The molecule has 0 aromatic heterocycles. The van der Waals surface area contributed by atoms with Crippen LogP contribution < -0.4 is 11.1 Å². The molecule has 1 rings (SSSR count). The Morgan fingerprint density at radius 1 is 1.43 bits per heavy atom. The molecule has 1 saturated heterocycles. The van der Waals surface area contributed by atoms with Crippen molar-refractivity contribution in [1.29, 1.82) is 0 Å². The number of hydrogen-bond donors (Lipinski definition) is 2. The number of amides is 1. The van der Waals surface area contributed by atoms with E-state index in [0.29, 0.717) is 12.0 Å². The first-order chi connectivity index (χ1) is 6.61. The van der Waals surface area contributed by atoms with E-state index in [9.17, 15) is 4.79 Å². The van der Waals surface area contributed by atoms with Gasteiger partial charge < -0.3 is 15.8 Å². The van der Waals surface area contributed by atoms with Crippen LogP contribution >= 0.6 is 0 Å². The molecule has 0 saturated carbocycles. The lowest BCUT2D eigenvalue weighted by atomic mass is 9.92. The van der Waals surface area contributed by atoms with Crippen molar-refractivity contribution in [2.75, 3.05) is 13.2 Å². The van der Waals surface area contributed by atoms with E-state index in [1.165, 1.54) is 0 Å². The highest BCUT2D eigenvalue weighted by Crippen LogP contribution is 2.18. The van der Waals surface area contributed by atoms with Gasteiger partial charge in [0.05, 0.1) is 6.04 Å². The van der Waals surface area contributed by atoms with Gasteiger partial charge >= 0.3 is 0 Å². The fourth-order valence-corrected chi connectivity index (χ4v) is 1.83. The monoisotopic (exact) mass is 200 g/mol. The lowest BCUT2D eigenvalue weighted by Gasteiger charge is -2.29. The van der Waals surface area contributed by atoms with Crippen LogP contribution in [0.25, 0.3) is 0 Å². The minimum absolute atomic E-state index is 0.243. The molecule has 0 bridgehead atoms. The van der Waals surface area contributed by atoms with Gasteiger partial charge in [0.1, 0.15) is 0 Å². The van der Waals surface area contributed by atoms with Crippen molar-refractivity contribution in [3.8, 4) is 0 Å². The van der Waals surface area contributed by atoms with Crippen molar-refractivity contribution < 1.29 is 9.53 Å². The van der Waals surface area contributed by atoms with E-state index in [1.807, 2.05) is 0 Å². The van der Waals surface area contributed by atoms with Crippen LogP contribution in [0.2, 0.25) is 0 Å². The van der Waals surface area contributed by atoms with Crippen LogP contribution in [-0.2, 0) is 9.53 Å². The summed E-state index contributed by atoms with van der Waals surface area (Å²) < 4.78 is 5.28. The first kappa shape index (κ1) is 11.5. The van der Waals surface area contributed by atoms with Gasteiger partial charge in [0.25, 0.3) is 0 Å². The van der Waals surface area contributed by atoms with E-state index >= 15 is 0 Å². The van der Waals surface area contributed by atoms with E-state index in [0.717, 1.165) is 26.1 Å². The zero-order chi connectivity index (χ0) is 10.6. The molecule has 4 heteroatoms. The minimum Gasteiger partial charge on any atom is -0.381 e. The molecule has 14 heavy (non-hydrogen) atoms. The molecule has 1 aliphatic heterocycles. The van der Waals surface area contributed by atoms with Crippen LogP contribution in [0.15, 0.2) is 0 Å². The number of nitrogens with one attached hydrogen (secondary N) is 1. The van der Waals surface area contributed by atoms with Crippen LogP contribution in [0.5, 0.6) is 0 Å². The van der Waals surface area contributed by atoms with Crippen molar-refractivity contribution in [1.82, 2.24) is 5.32 Å². The molecular weight excluding hydrogens is 180 g/mol. The molecule has 0 radical (unpaired) electrons. The molecular formula is C10H20N2O2. The number of rotatable bonds is 4. The maximum atomic E-state index is 10.9. The minimum atomic E-state index is -0.288. The quantitative estimate of drug-likeness (QED) is 0.684. The highest BCUT2D eigenvalue weighted by Gasteiger charge is 2.22. The fraction of sp³-hybridized carbons (Fsp3) is 0.900. The summed E-state index contributed by atoms with van der Waals surface area (Å²) in [5.41, 5.74) is 5.19. The van der Waals surface area contributed by atoms with Crippen molar-refractivity contribution in [3.63, 3.8) is 0 Å². The van der Waals surface area contributed by atoms with Crippen LogP contribution in [0.1, 0.15) is 26.7 Å². The van der Waals surface area contributed by atoms with Gasteiger partial charge in [-0.3, -0.25) is 4.79 Å². The molecule has 2 atom stereocenters. The highest BCUT2D eigenvalue weighted by molar-refractivity contribution is 5.79. The Morgan fingerprint density at radius 2 is 2.00 bits per heavy atom. The average molecular weight is 200 g/mol. The molecule has 4 nitrogen and oxygen atoms in total. The molecule has 1 amide bonds. The van der Waals surface area contributed by atoms with Gasteiger partial charge in [-0.25, -0.2) is 0 Å². The SMILES string of the molecule is CC(NC(C)C1CCOCC1)C(N)=O. The van der Waals surface area contributed by atoms with Crippen molar-refractivity contribution >= 4 is 5.91 Å². The smallest absolute Gasteiger partial charge is 0.234 e. The van der Waals surface area contributed by atoms with Gasteiger partial charge in [0, 0.05) is 19.3 Å². The second-order valence-electron chi connectivity index (χ2n) is 4.03. The molecule has 2 unspecified atom stereocenters. The normalized spacial score (nSPS) is 23.0. The predicted molar refractivity (Wildman–Crippen MR) is 54.8 cm³/mol. The van der Waals surface area contributed by atoms with Crippen LogP contribution in [0.4, 0.5) is 0 Å². The summed E-state index contributed by atoms with van der Waals surface area (Å²) in [5, 5.41) is 3.22. The first-order valence-corrected chi connectivity index (χ1v) is 5.24. The zero-order valence-corrected chi connectivity index (χ0v) is 8.95. The predicted octanol–water partition coefficient (Wildman–Crippen LogP) is 0.265. The Morgan fingerprint density at radius 3 is 2.50 bits per heavy atom. The third kappa shape index (κ3) is 3.27. The Bertz CT molecular complexity index is 191. The molecule has 1 fully saturated rings. The summed E-state index contributed by atoms with van der Waals surface area (Å²) in [6.07, 6.45) is 2.14. The summed E-state index contributed by atoms with van der Waals surface area (Å²) in [7, 11) is 0. The average Bonchev–Trinajstić information content (AvgIpc) is 2.19. The maximum Gasteiger partial charge on any atom is 0.234 e. The molecule has 1 aliphatic rings. The summed E-state index contributed by atoms with van der Waals surface area (Å²) in [5.74, 6) is 0.314. The van der Waals surface area contributed by atoms with E-state index in [-0.39, 0.29) is 11.9 Å². The van der Waals surface area contributed by atoms with E-state index in [4.69, 9.17) is 10.5 Å². The third-order valence-corrected chi connectivity index (χ3v) is 2.91. The van der Waals surface area contributed by atoms with Crippen LogP contribution in [0, 0.1) is 5.92 Å². The summed E-state index contributed by atoms with van der Waals surface area (Å²) in [6, 6.07) is 0.0919. The Balaban J connectivity index is 2.32. The topological polar surface area (TPSA) is 64.3 Å². The van der Waals surface area contributed by atoms with Crippen molar-refractivity contribution in [2.45, 2.75) is 38.8 Å². The largest absolute Gasteiger partial charge is 0.381 e. The molecule has 82 valence electrons. The van der Waals surface area contributed by atoms with Crippen molar-refractivity contribution in [2.24, 2.45) is 11.7 Å². The second kappa shape index (κ2) is 5.32. The summed E-state index contributed by atoms with van der Waals surface area (Å²) >= 11 is 0. The lowest BCUT2D eigenvalue weighted by molar-refractivity contribution is -0.119. The summed E-state index contributed by atoms with van der Waals surface area (Å²) in [4.78, 5) is 10.9. The van der Waals surface area contributed by atoms with E-state index in [2.05, 4.69) is 12.2 Å². The Labute approximate surface area is 85.2 Å². The lowest BCUT2D eigenvalue weighted by Crippen LogP contribution is -2.47. The van der Waals surface area contributed by atoms with Gasteiger partial charge in [-0.1, -0.05) is 0 Å². The molecule has 0 aliphatic carbocycles. The van der Waals surface area contributed by atoms with Gasteiger partial charge in [-0.05, 0) is 32.6 Å². The van der Waals surface area contributed by atoms with Gasteiger partial charge in [-0.15, -0.1) is 0 Å². The molecule has 1 heterocycles. The number of carbonyl (C=O) groups is 1. The number of ether oxygens (including phenoxy) is 1. The Kier molecular flexibility index (Phi) is 4.35.